The highest BCUT2D eigenvalue weighted by molar-refractivity contribution is 14.0. The van der Waals surface area contributed by atoms with E-state index in [-0.39, 0.29) is 42.2 Å². The van der Waals surface area contributed by atoms with Crippen molar-refractivity contribution >= 4 is 41.5 Å². The number of carbonyl (C=O) groups excluding carboxylic acids is 1. The number of halogens is 2. The Labute approximate surface area is 170 Å². The third kappa shape index (κ3) is 8.77. The third-order valence-electron chi connectivity index (χ3n) is 3.68. The maximum atomic E-state index is 12.9. The minimum absolute atomic E-state index is 0. The monoisotopic (exact) mass is 479 g/mol. The minimum atomic E-state index is -0.338. The van der Waals surface area contributed by atoms with Crippen molar-refractivity contribution in [2.45, 2.75) is 6.92 Å². The molecule has 1 aromatic carbocycles. The van der Waals surface area contributed by atoms with Crippen molar-refractivity contribution in [3.8, 4) is 0 Å². The number of ether oxygens (including phenoxy) is 1. The van der Waals surface area contributed by atoms with Crippen LogP contribution in [0.15, 0.2) is 29.3 Å². The van der Waals surface area contributed by atoms with E-state index in [2.05, 4.69) is 25.8 Å². The Morgan fingerprint density at radius 2 is 1.92 bits per heavy atom. The lowest BCUT2D eigenvalue weighted by molar-refractivity contribution is -0.114. The molecule has 0 aromatic heterocycles. The molecular formula is C17H27FIN5O2. The third-order valence-corrected chi connectivity index (χ3v) is 3.68. The predicted octanol–water partition coefficient (Wildman–Crippen LogP) is 1.27. The van der Waals surface area contributed by atoms with Crippen LogP contribution in [0.25, 0.3) is 0 Å². The number of benzene rings is 1. The number of hydrogen-bond donors (Lipinski definition) is 3. The van der Waals surface area contributed by atoms with Gasteiger partial charge in [-0.2, -0.15) is 0 Å². The zero-order chi connectivity index (χ0) is 17.9. The molecule has 0 atom stereocenters. The smallest absolute Gasteiger partial charge is 0.246 e. The molecule has 0 spiro atoms. The fraction of sp³-hybridized carbons (Fsp3) is 0.529. The highest BCUT2D eigenvalue weighted by atomic mass is 127. The first-order chi connectivity index (χ1) is 12.2. The Morgan fingerprint density at radius 1 is 1.23 bits per heavy atom. The van der Waals surface area contributed by atoms with Gasteiger partial charge in [0.15, 0.2) is 5.96 Å². The van der Waals surface area contributed by atoms with Crippen LogP contribution in [0.1, 0.15) is 6.92 Å². The van der Waals surface area contributed by atoms with Gasteiger partial charge in [-0.1, -0.05) is 0 Å². The Kier molecular flexibility index (Phi) is 11.1. The number of anilines is 1. The molecule has 1 fully saturated rings. The normalized spacial score (nSPS) is 15.1. The number of nitrogens with one attached hydrogen (secondary N) is 3. The molecule has 146 valence electrons. The summed E-state index contributed by atoms with van der Waals surface area (Å²) in [6.07, 6.45) is 0. The highest BCUT2D eigenvalue weighted by Crippen LogP contribution is 2.07. The molecule has 1 saturated heterocycles. The van der Waals surface area contributed by atoms with E-state index in [4.69, 9.17) is 4.74 Å². The van der Waals surface area contributed by atoms with Crippen LogP contribution in [0.3, 0.4) is 0 Å². The number of carbonyl (C=O) groups is 1. The van der Waals surface area contributed by atoms with E-state index in [1.165, 1.54) is 24.3 Å². The van der Waals surface area contributed by atoms with Gasteiger partial charge in [0.25, 0.3) is 0 Å². The number of nitrogens with zero attached hydrogens (tertiary/aromatic N) is 2. The SMILES string of the molecule is CCNC(=NCC(=O)Nc1ccc(F)cc1)NCCN1CCOCC1.I. The molecule has 9 heteroatoms. The molecule has 1 heterocycles. The molecule has 0 bridgehead atoms. The second-order valence-corrected chi connectivity index (χ2v) is 5.63. The molecule has 0 radical (unpaired) electrons. The van der Waals surface area contributed by atoms with Crippen LogP contribution in [-0.2, 0) is 9.53 Å². The molecule has 0 aliphatic carbocycles. The van der Waals surface area contributed by atoms with Crippen LogP contribution < -0.4 is 16.0 Å². The average molecular weight is 479 g/mol. The van der Waals surface area contributed by atoms with Crippen molar-refractivity contribution in [1.29, 1.82) is 0 Å². The number of amides is 1. The van der Waals surface area contributed by atoms with Gasteiger partial charge in [0.1, 0.15) is 12.4 Å². The molecule has 1 amide bonds. The molecule has 0 unspecified atom stereocenters. The van der Waals surface area contributed by atoms with E-state index in [1.807, 2.05) is 6.92 Å². The number of guanidine groups is 1. The van der Waals surface area contributed by atoms with Crippen molar-refractivity contribution in [2.24, 2.45) is 4.99 Å². The topological polar surface area (TPSA) is 78.0 Å². The van der Waals surface area contributed by atoms with Gasteiger partial charge in [-0.25, -0.2) is 9.38 Å². The van der Waals surface area contributed by atoms with Gasteiger partial charge in [0.05, 0.1) is 13.2 Å². The molecule has 26 heavy (non-hydrogen) atoms. The summed E-state index contributed by atoms with van der Waals surface area (Å²) in [4.78, 5) is 18.5. The van der Waals surface area contributed by atoms with Crippen molar-refractivity contribution in [2.75, 3.05) is 57.8 Å². The van der Waals surface area contributed by atoms with Crippen molar-refractivity contribution in [3.05, 3.63) is 30.1 Å². The number of rotatable bonds is 7. The first-order valence-electron chi connectivity index (χ1n) is 8.55. The summed E-state index contributed by atoms with van der Waals surface area (Å²) in [6, 6.07) is 5.64. The lowest BCUT2D eigenvalue weighted by Gasteiger charge is -2.26. The lowest BCUT2D eigenvalue weighted by Crippen LogP contribution is -2.44. The number of aliphatic imine (C=N–C) groups is 1. The van der Waals surface area contributed by atoms with Gasteiger partial charge < -0.3 is 20.7 Å². The van der Waals surface area contributed by atoms with Crippen molar-refractivity contribution < 1.29 is 13.9 Å². The molecule has 1 aromatic rings. The van der Waals surface area contributed by atoms with Gasteiger partial charge in [-0.15, -0.1) is 24.0 Å². The van der Waals surface area contributed by atoms with E-state index in [1.54, 1.807) is 0 Å². The first-order valence-corrected chi connectivity index (χ1v) is 8.55. The quantitative estimate of drug-likeness (QED) is 0.312. The predicted molar refractivity (Wildman–Crippen MR) is 112 cm³/mol. The zero-order valence-corrected chi connectivity index (χ0v) is 17.3. The molecule has 0 saturated carbocycles. The summed E-state index contributed by atoms with van der Waals surface area (Å²) in [6.45, 7) is 7.74. The van der Waals surface area contributed by atoms with Crippen molar-refractivity contribution in [3.63, 3.8) is 0 Å². The second-order valence-electron chi connectivity index (χ2n) is 5.63. The molecule has 7 nitrogen and oxygen atoms in total. The average Bonchev–Trinajstić information content (AvgIpc) is 2.62. The Morgan fingerprint density at radius 3 is 2.58 bits per heavy atom. The van der Waals surface area contributed by atoms with Crippen LogP contribution in [0.4, 0.5) is 10.1 Å². The Bertz CT molecular complexity index is 565. The van der Waals surface area contributed by atoms with Crippen LogP contribution in [-0.4, -0.2) is 69.2 Å². The van der Waals surface area contributed by atoms with E-state index in [0.717, 1.165) is 39.4 Å². The largest absolute Gasteiger partial charge is 0.379 e. The summed E-state index contributed by atoms with van der Waals surface area (Å²) >= 11 is 0. The van der Waals surface area contributed by atoms with Crippen LogP contribution >= 0.6 is 24.0 Å². The molecule has 3 N–H and O–H groups in total. The summed E-state index contributed by atoms with van der Waals surface area (Å²) in [5.74, 6) is 0.0110. The fourth-order valence-electron chi connectivity index (χ4n) is 2.38. The molecule has 2 rings (SSSR count). The van der Waals surface area contributed by atoms with Crippen molar-refractivity contribution in [1.82, 2.24) is 15.5 Å². The summed E-state index contributed by atoms with van der Waals surface area (Å²) in [5.41, 5.74) is 0.548. The number of morpholine rings is 1. The maximum Gasteiger partial charge on any atom is 0.246 e. The standard InChI is InChI=1S/C17H26FN5O2.HI/c1-2-19-17(20-7-8-23-9-11-25-12-10-23)21-13-16(24)22-15-5-3-14(18)4-6-15;/h3-6H,2,7-13H2,1H3,(H,22,24)(H2,19,20,21);1H. The molecule has 1 aliphatic rings. The summed E-state index contributed by atoms with van der Waals surface area (Å²) in [7, 11) is 0. The fourth-order valence-corrected chi connectivity index (χ4v) is 2.38. The van der Waals surface area contributed by atoms with Gasteiger partial charge in [-0.05, 0) is 31.2 Å². The van der Waals surface area contributed by atoms with Crippen LogP contribution in [0.5, 0.6) is 0 Å². The second kappa shape index (κ2) is 12.8. The van der Waals surface area contributed by atoms with E-state index < -0.39 is 0 Å². The van der Waals surface area contributed by atoms with Gasteiger partial charge in [0, 0.05) is 38.4 Å². The summed E-state index contributed by atoms with van der Waals surface area (Å²) < 4.78 is 18.2. The lowest BCUT2D eigenvalue weighted by atomic mass is 10.3. The Hall–Kier alpha value is -1.46. The first kappa shape index (κ1) is 22.6. The van der Waals surface area contributed by atoms with E-state index in [9.17, 15) is 9.18 Å². The van der Waals surface area contributed by atoms with Crippen LogP contribution in [0, 0.1) is 5.82 Å². The summed E-state index contributed by atoms with van der Waals surface area (Å²) in [5, 5.41) is 9.02. The Balaban J connectivity index is 0.00000338. The minimum Gasteiger partial charge on any atom is -0.379 e. The van der Waals surface area contributed by atoms with E-state index >= 15 is 0 Å². The molecular weight excluding hydrogens is 452 g/mol. The van der Waals surface area contributed by atoms with Gasteiger partial charge in [-0.3, -0.25) is 9.69 Å². The maximum absolute atomic E-state index is 12.9. The highest BCUT2D eigenvalue weighted by Gasteiger charge is 2.10. The zero-order valence-electron chi connectivity index (χ0n) is 15.0. The number of hydrogen-bond acceptors (Lipinski definition) is 4. The van der Waals surface area contributed by atoms with E-state index in [0.29, 0.717) is 18.2 Å². The van der Waals surface area contributed by atoms with Crippen LogP contribution in [0.2, 0.25) is 0 Å². The van der Waals surface area contributed by atoms with Gasteiger partial charge in [0.2, 0.25) is 5.91 Å². The molecule has 1 aliphatic heterocycles. The van der Waals surface area contributed by atoms with Gasteiger partial charge >= 0.3 is 0 Å².